The summed E-state index contributed by atoms with van der Waals surface area (Å²) in [6.45, 7) is 3.74. The van der Waals surface area contributed by atoms with Gasteiger partial charge in [0.15, 0.2) is 0 Å². The predicted molar refractivity (Wildman–Crippen MR) is 75.7 cm³/mol. The number of hydrogen-bond acceptors (Lipinski definition) is 2. The Morgan fingerprint density at radius 2 is 2.00 bits per heavy atom. The van der Waals surface area contributed by atoms with Crippen LogP contribution in [0.3, 0.4) is 0 Å². The number of amides is 1. The standard InChI is InChI=1S/C15H24N2O/c1-4-13(14-8-6-5-7-9-14)12-15(18)17(3)11-10-16-2/h5-9,13,16H,4,10-12H2,1-3H3. The smallest absolute Gasteiger partial charge is 0.222 e. The first-order valence-electron chi connectivity index (χ1n) is 6.62. The molecule has 0 heterocycles. The molecule has 0 aliphatic heterocycles. The van der Waals surface area contributed by atoms with Crippen molar-refractivity contribution in [2.24, 2.45) is 0 Å². The summed E-state index contributed by atoms with van der Waals surface area (Å²) in [7, 11) is 3.77. The summed E-state index contributed by atoms with van der Waals surface area (Å²) in [5.74, 6) is 0.552. The number of hydrogen-bond donors (Lipinski definition) is 1. The average molecular weight is 248 g/mol. The van der Waals surface area contributed by atoms with E-state index in [1.54, 1.807) is 0 Å². The number of nitrogens with one attached hydrogen (secondary N) is 1. The molecule has 1 aromatic carbocycles. The van der Waals surface area contributed by atoms with Gasteiger partial charge < -0.3 is 10.2 Å². The third kappa shape index (κ3) is 4.49. The summed E-state index contributed by atoms with van der Waals surface area (Å²) in [5, 5.41) is 3.06. The van der Waals surface area contributed by atoms with E-state index in [1.807, 2.05) is 37.2 Å². The molecule has 0 fully saturated rings. The van der Waals surface area contributed by atoms with Crippen LogP contribution in [0.2, 0.25) is 0 Å². The first-order chi connectivity index (χ1) is 8.69. The summed E-state index contributed by atoms with van der Waals surface area (Å²) >= 11 is 0. The Bertz CT molecular complexity index is 351. The van der Waals surface area contributed by atoms with Crippen molar-refractivity contribution >= 4 is 5.91 Å². The zero-order chi connectivity index (χ0) is 13.4. The van der Waals surface area contributed by atoms with Gasteiger partial charge >= 0.3 is 0 Å². The SMILES string of the molecule is CCC(CC(=O)N(C)CCNC)c1ccccc1. The van der Waals surface area contributed by atoms with Gasteiger partial charge in [0, 0.05) is 26.6 Å². The molecule has 0 radical (unpaired) electrons. The van der Waals surface area contributed by atoms with E-state index in [9.17, 15) is 4.79 Å². The van der Waals surface area contributed by atoms with Crippen molar-refractivity contribution in [2.75, 3.05) is 27.2 Å². The highest BCUT2D eigenvalue weighted by Gasteiger charge is 2.16. The number of carbonyl (C=O) groups excluding carboxylic acids is 1. The molecule has 1 unspecified atom stereocenters. The van der Waals surface area contributed by atoms with Crippen LogP contribution in [0.5, 0.6) is 0 Å². The molecule has 3 heteroatoms. The minimum Gasteiger partial charge on any atom is -0.344 e. The zero-order valence-corrected chi connectivity index (χ0v) is 11.6. The predicted octanol–water partition coefficient (Wildman–Crippen LogP) is 2.25. The van der Waals surface area contributed by atoms with Crippen LogP contribution in [-0.4, -0.2) is 38.0 Å². The van der Waals surface area contributed by atoms with Crippen molar-refractivity contribution in [2.45, 2.75) is 25.7 Å². The Balaban J connectivity index is 2.56. The summed E-state index contributed by atoms with van der Waals surface area (Å²) in [5.41, 5.74) is 1.26. The topological polar surface area (TPSA) is 32.3 Å². The quantitative estimate of drug-likeness (QED) is 0.802. The molecule has 0 spiro atoms. The van der Waals surface area contributed by atoms with Crippen molar-refractivity contribution in [3.63, 3.8) is 0 Å². The van der Waals surface area contributed by atoms with Gasteiger partial charge in [-0.1, -0.05) is 37.3 Å². The van der Waals surface area contributed by atoms with Gasteiger partial charge in [-0.3, -0.25) is 4.79 Å². The lowest BCUT2D eigenvalue weighted by atomic mass is 9.93. The van der Waals surface area contributed by atoms with E-state index in [-0.39, 0.29) is 5.91 Å². The fraction of sp³-hybridized carbons (Fsp3) is 0.533. The maximum absolute atomic E-state index is 12.1. The molecule has 100 valence electrons. The van der Waals surface area contributed by atoms with Crippen LogP contribution in [0.15, 0.2) is 30.3 Å². The monoisotopic (exact) mass is 248 g/mol. The normalized spacial score (nSPS) is 12.2. The number of carbonyl (C=O) groups is 1. The molecule has 0 aromatic heterocycles. The first-order valence-corrected chi connectivity index (χ1v) is 6.62. The molecule has 3 nitrogen and oxygen atoms in total. The minimum absolute atomic E-state index is 0.223. The Labute approximate surface area is 110 Å². The summed E-state index contributed by atoms with van der Waals surface area (Å²) in [6, 6.07) is 10.3. The van der Waals surface area contributed by atoms with Gasteiger partial charge in [-0.25, -0.2) is 0 Å². The highest BCUT2D eigenvalue weighted by Crippen LogP contribution is 2.23. The van der Waals surface area contributed by atoms with Crippen LogP contribution in [0.1, 0.15) is 31.2 Å². The van der Waals surface area contributed by atoms with Gasteiger partial charge in [-0.15, -0.1) is 0 Å². The maximum atomic E-state index is 12.1. The molecule has 0 saturated carbocycles. The zero-order valence-electron chi connectivity index (χ0n) is 11.6. The number of benzene rings is 1. The molecule has 18 heavy (non-hydrogen) atoms. The minimum atomic E-state index is 0.223. The lowest BCUT2D eigenvalue weighted by molar-refractivity contribution is -0.130. The van der Waals surface area contributed by atoms with Crippen LogP contribution in [0.4, 0.5) is 0 Å². The van der Waals surface area contributed by atoms with Gasteiger partial charge in [0.2, 0.25) is 5.91 Å². The Kier molecular flexibility index (Phi) is 6.44. The van der Waals surface area contributed by atoms with Crippen molar-refractivity contribution in [3.8, 4) is 0 Å². The lowest BCUT2D eigenvalue weighted by Crippen LogP contribution is -2.33. The molecule has 1 rings (SSSR count). The van der Waals surface area contributed by atoms with E-state index in [4.69, 9.17) is 0 Å². The second-order valence-corrected chi connectivity index (χ2v) is 4.64. The fourth-order valence-corrected chi connectivity index (χ4v) is 1.99. The molecule has 0 aliphatic carbocycles. The second-order valence-electron chi connectivity index (χ2n) is 4.64. The first kappa shape index (κ1) is 14.7. The molecular formula is C15H24N2O. The van der Waals surface area contributed by atoms with Gasteiger partial charge in [0.25, 0.3) is 0 Å². The van der Waals surface area contributed by atoms with Gasteiger partial charge in [0.1, 0.15) is 0 Å². The van der Waals surface area contributed by atoms with E-state index < -0.39 is 0 Å². The number of likely N-dealkylation sites (N-methyl/N-ethyl adjacent to an activating group) is 2. The lowest BCUT2D eigenvalue weighted by Gasteiger charge is -2.21. The van der Waals surface area contributed by atoms with Crippen LogP contribution in [-0.2, 0) is 4.79 Å². The van der Waals surface area contributed by atoms with Crippen LogP contribution < -0.4 is 5.32 Å². The third-order valence-corrected chi connectivity index (χ3v) is 3.31. The maximum Gasteiger partial charge on any atom is 0.222 e. The fourth-order valence-electron chi connectivity index (χ4n) is 1.99. The molecule has 1 N–H and O–H groups in total. The number of nitrogens with zero attached hydrogens (tertiary/aromatic N) is 1. The van der Waals surface area contributed by atoms with E-state index in [0.717, 1.165) is 19.5 Å². The Morgan fingerprint density at radius 1 is 1.33 bits per heavy atom. The van der Waals surface area contributed by atoms with E-state index in [0.29, 0.717) is 12.3 Å². The second kappa shape index (κ2) is 7.88. The molecule has 0 saturated heterocycles. The number of rotatable bonds is 7. The summed E-state index contributed by atoms with van der Waals surface area (Å²) in [6.07, 6.45) is 1.59. The van der Waals surface area contributed by atoms with Crippen molar-refractivity contribution in [1.29, 1.82) is 0 Å². The van der Waals surface area contributed by atoms with Crippen LogP contribution >= 0.6 is 0 Å². The molecule has 1 atom stereocenters. The summed E-state index contributed by atoms with van der Waals surface area (Å²) in [4.78, 5) is 13.9. The van der Waals surface area contributed by atoms with Crippen molar-refractivity contribution in [1.82, 2.24) is 10.2 Å². The average Bonchev–Trinajstić information content (AvgIpc) is 2.42. The third-order valence-electron chi connectivity index (χ3n) is 3.31. The van der Waals surface area contributed by atoms with Crippen LogP contribution in [0.25, 0.3) is 0 Å². The highest BCUT2D eigenvalue weighted by atomic mass is 16.2. The molecule has 0 aliphatic rings. The molecule has 0 bridgehead atoms. The Hall–Kier alpha value is -1.35. The van der Waals surface area contributed by atoms with Crippen molar-refractivity contribution in [3.05, 3.63) is 35.9 Å². The molecule has 1 amide bonds. The summed E-state index contributed by atoms with van der Waals surface area (Å²) < 4.78 is 0. The van der Waals surface area contributed by atoms with E-state index in [2.05, 4.69) is 24.4 Å². The highest BCUT2D eigenvalue weighted by molar-refractivity contribution is 5.76. The van der Waals surface area contributed by atoms with Crippen molar-refractivity contribution < 1.29 is 4.79 Å². The Morgan fingerprint density at radius 3 is 2.56 bits per heavy atom. The van der Waals surface area contributed by atoms with Crippen LogP contribution in [0, 0.1) is 0 Å². The van der Waals surface area contributed by atoms with E-state index in [1.165, 1.54) is 5.56 Å². The van der Waals surface area contributed by atoms with E-state index >= 15 is 0 Å². The molecule has 1 aromatic rings. The van der Waals surface area contributed by atoms with Gasteiger partial charge in [0.05, 0.1) is 0 Å². The molecular weight excluding hydrogens is 224 g/mol. The largest absolute Gasteiger partial charge is 0.344 e. The van der Waals surface area contributed by atoms with Gasteiger partial charge in [-0.05, 0) is 24.9 Å². The van der Waals surface area contributed by atoms with Gasteiger partial charge in [-0.2, -0.15) is 0 Å².